The second-order valence-electron chi connectivity index (χ2n) is 4.67. The number of nitrogens with zero attached hydrogens (tertiary/aromatic N) is 1. The standard InChI is InChI=1S/C13H15NO4/c1-14-9(3-5-12(14)15)13(16)8-2-4-10-11(6-8)18-7-17-10/h2,4,6,9,13,16H,3,5,7H2,1H3/t9-,13-/m1/s1. The predicted molar refractivity (Wildman–Crippen MR) is 63.3 cm³/mol. The first-order valence-electron chi connectivity index (χ1n) is 6.00. The zero-order chi connectivity index (χ0) is 12.7. The van der Waals surface area contributed by atoms with Crippen LogP contribution in [0.3, 0.4) is 0 Å². The molecule has 1 aromatic rings. The second-order valence-corrected chi connectivity index (χ2v) is 4.67. The molecule has 5 nitrogen and oxygen atoms in total. The smallest absolute Gasteiger partial charge is 0.231 e. The molecule has 2 atom stereocenters. The molecule has 0 unspecified atom stereocenters. The Bertz CT molecular complexity index is 488. The Labute approximate surface area is 105 Å². The SMILES string of the molecule is CN1C(=O)CC[C@@H]1[C@H](O)c1ccc2c(c1)OCO2. The molecule has 1 fully saturated rings. The van der Waals surface area contributed by atoms with Gasteiger partial charge in [0.1, 0.15) is 0 Å². The molecule has 2 heterocycles. The van der Waals surface area contributed by atoms with E-state index in [1.807, 2.05) is 6.07 Å². The van der Waals surface area contributed by atoms with Crippen LogP contribution in [-0.2, 0) is 4.79 Å². The van der Waals surface area contributed by atoms with Gasteiger partial charge in [-0.2, -0.15) is 0 Å². The number of ether oxygens (including phenoxy) is 2. The maximum absolute atomic E-state index is 11.5. The molecule has 18 heavy (non-hydrogen) atoms. The highest BCUT2D eigenvalue weighted by Gasteiger charge is 2.34. The number of carbonyl (C=O) groups is 1. The Morgan fingerprint density at radius 2 is 2.17 bits per heavy atom. The van der Waals surface area contributed by atoms with Crippen molar-refractivity contribution < 1.29 is 19.4 Å². The molecule has 3 rings (SSSR count). The first-order valence-corrected chi connectivity index (χ1v) is 6.00. The normalized spacial score (nSPS) is 23.6. The van der Waals surface area contributed by atoms with E-state index in [9.17, 15) is 9.90 Å². The van der Waals surface area contributed by atoms with Crippen LogP contribution in [0.5, 0.6) is 11.5 Å². The summed E-state index contributed by atoms with van der Waals surface area (Å²) in [5, 5.41) is 10.3. The summed E-state index contributed by atoms with van der Waals surface area (Å²) < 4.78 is 10.5. The minimum absolute atomic E-state index is 0.0831. The van der Waals surface area contributed by atoms with Gasteiger partial charge in [0, 0.05) is 13.5 Å². The number of fused-ring (bicyclic) bond motifs is 1. The van der Waals surface area contributed by atoms with Gasteiger partial charge in [-0.3, -0.25) is 4.79 Å². The van der Waals surface area contributed by atoms with Crippen molar-refractivity contribution in [3.05, 3.63) is 23.8 Å². The van der Waals surface area contributed by atoms with Crippen LogP contribution in [0.2, 0.25) is 0 Å². The first-order chi connectivity index (χ1) is 8.66. The summed E-state index contributed by atoms with van der Waals surface area (Å²) in [7, 11) is 1.73. The van der Waals surface area contributed by atoms with E-state index in [0.29, 0.717) is 24.3 Å². The van der Waals surface area contributed by atoms with Gasteiger partial charge in [0.25, 0.3) is 0 Å². The highest BCUT2D eigenvalue weighted by atomic mass is 16.7. The highest BCUT2D eigenvalue weighted by molar-refractivity contribution is 5.78. The summed E-state index contributed by atoms with van der Waals surface area (Å²) >= 11 is 0. The minimum Gasteiger partial charge on any atom is -0.454 e. The van der Waals surface area contributed by atoms with Gasteiger partial charge < -0.3 is 19.5 Å². The molecule has 5 heteroatoms. The van der Waals surface area contributed by atoms with Crippen LogP contribution in [0.4, 0.5) is 0 Å². The number of hydrogen-bond donors (Lipinski definition) is 1. The number of amides is 1. The van der Waals surface area contributed by atoms with Crippen LogP contribution in [0.15, 0.2) is 18.2 Å². The average molecular weight is 249 g/mol. The minimum atomic E-state index is -0.684. The molecule has 0 bridgehead atoms. The summed E-state index contributed by atoms with van der Waals surface area (Å²) in [4.78, 5) is 13.1. The third-order valence-corrected chi connectivity index (χ3v) is 3.65. The highest BCUT2D eigenvalue weighted by Crippen LogP contribution is 2.36. The van der Waals surface area contributed by atoms with Crippen molar-refractivity contribution in [2.24, 2.45) is 0 Å². The van der Waals surface area contributed by atoms with Crippen molar-refractivity contribution in [3.63, 3.8) is 0 Å². The Morgan fingerprint density at radius 1 is 1.39 bits per heavy atom. The average Bonchev–Trinajstić information content (AvgIpc) is 2.96. The van der Waals surface area contributed by atoms with Crippen LogP contribution in [0, 0.1) is 0 Å². The van der Waals surface area contributed by atoms with Crippen LogP contribution < -0.4 is 9.47 Å². The van der Waals surface area contributed by atoms with Gasteiger partial charge in [0.05, 0.1) is 12.1 Å². The lowest BCUT2D eigenvalue weighted by Gasteiger charge is -2.25. The van der Waals surface area contributed by atoms with Crippen molar-refractivity contribution in [2.75, 3.05) is 13.8 Å². The van der Waals surface area contributed by atoms with Gasteiger partial charge in [-0.15, -0.1) is 0 Å². The fourth-order valence-corrected chi connectivity index (χ4v) is 2.52. The van der Waals surface area contributed by atoms with E-state index >= 15 is 0 Å². The molecule has 2 aliphatic heterocycles. The van der Waals surface area contributed by atoms with E-state index in [0.717, 1.165) is 5.56 Å². The van der Waals surface area contributed by atoms with Crippen molar-refractivity contribution in [2.45, 2.75) is 25.0 Å². The van der Waals surface area contributed by atoms with Gasteiger partial charge >= 0.3 is 0 Å². The van der Waals surface area contributed by atoms with E-state index in [4.69, 9.17) is 9.47 Å². The first kappa shape index (κ1) is 11.3. The molecule has 0 radical (unpaired) electrons. The second kappa shape index (κ2) is 4.17. The zero-order valence-electron chi connectivity index (χ0n) is 10.1. The molecule has 0 aliphatic carbocycles. The number of carbonyl (C=O) groups excluding carboxylic acids is 1. The molecule has 96 valence electrons. The summed E-state index contributed by atoms with van der Waals surface area (Å²) in [5.41, 5.74) is 0.755. The number of likely N-dealkylation sites (N-methyl/N-ethyl adjacent to an activating group) is 1. The van der Waals surface area contributed by atoms with Crippen molar-refractivity contribution in [1.29, 1.82) is 0 Å². The fraction of sp³-hybridized carbons (Fsp3) is 0.462. The number of aliphatic hydroxyl groups is 1. The Hall–Kier alpha value is -1.75. The van der Waals surface area contributed by atoms with E-state index in [1.165, 1.54) is 0 Å². The molecule has 1 aromatic carbocycles. The Morgan fingerprint density at radius 3 is 2.89 bits per heavy atom. The van der Waals surface area contributed by atoms with Crippen molar-refractivity contribution >= 4 is 5.91 Å². The Balaban J connectivity index is 1.84. The topological polar surface area (TPSA) is 59.0 Å². The Kier molecular flexibility index (Phi) is 2.63. The van der Waals surface area contributed by atoms with Crippen LogP contribution in [-0.4, -0.2) is 35.8 Å². The molecule has 0 aromatic heterocycles. The molecular formula is C13H15NO4. The van der Waals surface area contributed by atoms with Crippen LogP contribution in [0.25, 0.3) is 0 Å². The van der Waals surface area contributed by atoms with Gasteiger partial charge in [-0.1, -0.05) is 6.07 Å². The largest absolute Gasteiger partial charge is 0.454 e. The fourth-order valence-electron chi connectivity index (χ4n) is 2.52. The summed E-state index contributed by atoms with van der Waals surface area (Å²) in [5.74, 6) is 1.43. The lowest BCUT2D eigenvalue weighted by atomic mass is 10.00. The summed E-state index contributed by atoms with van der Waals surface area (Å²) in [6.07, 6.45) is 0.504. The molecule has 0 spiro atoms. The van der Waals surface area contributed by atoms with Crippen LogP contribution in [0.1, 0.15) is 24.5 Å². The maximum atomic E-state index is 11.5. The summed E-state index contributed by atoms with van der Waals surface area (Å²) in [6, 6.07) is 5.23. The lowest BCUT2D eigenvalue weighted by Crippen LogP contribution is -2.33. The molecular weight excluding hydrogens is 234 g/mol. The molecule has 2 aliphatic rings. The number of rotatable bonds is 2. The lowest BCUT2D eigenvalue weighted by molar-refractivity contribution is -0.128. The van der Waals surface area contributed by atoms with E-state index in [-0.39, 0.29) is 18.7 Å². The molecule has 1 amide bonds. The molecule has 1 N–H and O–H groups in total. The number of aliphatic hydroxyl groups excluding tert-OH is 1. The summed E-state index contributed by atoms with van der Waals surface area (Å²) in [6.45, 7) is 0.219. The van der Waals surface area contributed by atoms with Gasteiger partial charge in [0.2, 0.25) is 12.7 Å². The molecule has 1 saturated heterocycles. The molecule has 0 saturated carbocycles. The number of benzene rings is 1. The third-order valence-electron chi connectivity index (χ3n) is 3.65. The third kappa shape index (κ3) is 1.71. The van der Waals surface area contributed by atoms with Gasteiger partial charge in [-0.25, -0.2) is 0 Å². The van der Waals surface area contributed by atoms with Crippen molar-refractivity contribution in [3.8, 4) is 11.5 Å². The monoisotopic (exact) mass is 249 g/mol. The quantitative estimate of drug-likeness (QED) is 0.851. The number of likely N-dealkylation sites (tertiary alicyclic amines) is 1. The van der Waals surface area contributed by atoms with E-state index < -0.39 is 6.10 Å². The van der Waals surface area contributed by atoms with Gasteiger partial charge in [0.15, 0.2) is 11.5 Å². The van der Waals surface area contributed by atoms with Crippen molar-refractivity contribution in [1.82, 2.24) is 4.90 Å². The van der Waals surface area contributed by atoms with E-state index in [2.05, 4.69) is 0 Å². The predicted octanol–water partition coefficient (Wildman–Crippen LogP) is 1.07. The van der Waals surface area contributed by atoms with Crippen LogP contribution >= 0.6 is 0 Å². The number of hydrogen-bond acceptors (Lipinski definition) is 4. The maximum Gasteiger partial charge on any atom is 0.231 e. The van der Waals surface area contributed by atoms with E-state index in [1.54, 1.807) is 24.1 Å². The zero-order valence-corrected chi connectivity index (χ0v) is 10.1. The van der Waals surface area contributed by atoms with Gasteiger partial charge in [-0.05, 0) is 24.1 Å².